The van der Waals surface area contributed by atoms with E-state index in [1.807, 2.05) is 6.07 Å². The number of nitriles is 1. The molecule has 0 radical (unpaired) electrons. The van der Waals surface area contributed by atoms with Crippen LogP contribution in [0.2, 0.25) is 0 Å². The number of aryl methyl sites for hydroxylation is 2. The Labute approximate surface area is 111 Å². The van der Waals surface area contributed by atoms with E-state index in [9.17, 15) is 5.26 Å². The Balaban J connectivity index is 2.59. The number of benzene rings is 1. The molecule has 0 aromatic heterocycles. The van der Waals surface area contributed by atoms with E-state index < -0.39 is 0 Å². The molecule has 0 bridgehead atoms. The molecule has 0 spiro atoms. The number of rotatable bonds is 6. The molecule has 0 atom stereocenters. The summed E-state index contributed by atoms with van der Waals surface area (Å²) in [6.45, 7) is 8.89. The lowest BCUT2D eigenvalue weighted by Crippen LogP contribution is -2.20. The zero-order valence-corrected chi connectivity index (χ0v) is 11.9. The van der Waals surface area contributed by atoms with Crippen molar-refractivity contribution in [3.63, 3.8) is 0 Å². The van der Waals surface area contributed by atoms with Crippen molar-refractivity contribution in [1.82, 2.24) is 0 Å². The van der Waals surface area contributed by atoms with E-state index in [-0.39, 0.29) is 5.41 Å². The van der Waals surface area contributed by atoms with Crippen molar-refractivity contribution < 1.29 is 4.74 Å². The summed E-state index contributed by atoms with van der Waals surface area (Å²) in [6, 6.07) is 8.63. The van der Waals surface area contributed by atoms with Crippen molar-refractivity contribution in [3.8, 4) is 11.8 Å². The quantitative estimate of drug-likeness (QED) is 0.744. The molecule has 0 heterocycles. The van der Waals surface area contributed by atoms with E-state index in [4.69, 9.17) is 4.74 Å². The van der Waals surface area contributed by atoms with E-state index in [2.05, 4.69) is 45.9 Å². The predicted octanol–water partition coefficient (Wildman–Crippen LogP) is 4.40. The number of hydrogen-bond donors (Lipinski definition) is 0. The lowest BCUT2D eigenvalue weighted by Gasteiger charge is -2.23. The summed E-state index contributed by atoms with van der Waals surface area (Å²) in [7, 11) is 0. The van der Waals surface area contributed by atoms with Gasteiger partial charge in [0.2, 0.25) is 0 Å². The highest BCUT2D eigenvalue weighted by atomic mass is 16.5. The standard InChI is InChI=1S/C16H23NO/c1-5-16(6-2,12-17)9-10-18-15-8-7-13(3)11-14(15)4/h7-8,11H,5-6,9-10H2,1-4H3. The van der Waals surface area contributed by atoms with Gasteiger partial charge in [-0.1, -0.05) is 31.5 Å². The van der Waals surface area contributed by atoms with Gasteiger partial charge >= 0.3 is 0 Å². The van der Waals surface area contributed by atoms with Crippen LogP contribution in [0, 0.1) is 30.6 Å². The smallest absolute Gasteiger partial charge is 0.122 e. The SMILES string of the molecule is CCC(C#N)(CC)CCOc1ccc(C)cc1C. The summed E-state index contributed by atoms with van der Waals surface area (Å²) in [6.07, 6.45) is 2.57. The average molecular weight is 245 g/mol. The second-order valence-corrected chi connectivity index (χ2v) is 4.97. The Bertz CT molecular complexity index is 427. The van der Waals surface area contributed by atoms with Crippen molar-refractivity contribution in [2.75, 3.05) is 6.61 Å². The molecule has 18 heavy (non-hydrogen) atoms. The minimum absolute atomic E-state index is 0.224. The maximum atomic E-state index is 9.26. The second kappa shape index (κ2) is 6.44. The molecule has 1 aromatic carbocycles. The zero-order valence-electron chi connectivity index (χ0n) is 11.9. The van der Waals surface area contributed by atoms with Crippen LogP contribution in [0.25, 0.3) is 0 Å². The second-order valence-electron chi connectivity index (χ2n) is 4.97. The number of hydrogen-bond acceptors (Lipinski definition) is 2. The van der Waals surface area contributed by atoms with E-state index >= 15 is 0 Å². The van der Waals surface area contributed by atoms with Gasteiger partial charge in [-0.3, -0.25) is 0 Å². The highest BCUT2D eigenvalue weighted by Gasteiger charge is 2.25. The topological polar surface area (TPSA) is 33.0 Å². The van der Waals surface area contributed by atoms with Gasteiger partial charge in [-0.05, 0) is 38.3 Å². The number of ether oxygens (including phenoxy) is 1. The van der Waals surface area contributed by atoms with E-state index in [1.165, 1.54) is 5.56 Å². The lowest BCUT2D eigenvalue weighted by molar-refractivity contribution is 0.230. The molecular weight excluding hydrogens is 222 g/mol. The lowest BCUT2D eigenvalue weighted by atomic mass is 9.81. The molecule has 0 amide bonds. The monoisotopic (exact) mass is 245 g/mol. The van der Waals surface area contributed by atoms with Crippen LogP contribution in [-0.4, -0.2) is 6.61 Å². The van der Waals surface area contributed by atoms with Crippen LogP contribution in [0.4, 0.5) is 0 Å². The van der Waals surface area contributed by atoms with Crippen LogP contribution in [-0.2, 0) is 0 Å². The summed E-state index contributed by atoms with van der Waals surface area (Å²) in [5.74, 6) is 0.930. The fraction of sp³-hybridized carbons (Fsp3) is 0.562. The van der Waals surface area contributed by atoms with Gasteiger partial charge in [0.25, 0.3) is 0 Å². The highest BCUT2D eigenvalue weighted by molar-refractivity contribution is 5.35. The summed E-state index contributed by atoms with van der Waals surface area (Å²) >= 11 is 0. The Morgan fingerprint density at radius 2 is 1.89 bits per heavy atom. The molecule has 2 heteroatoms. The third kappa shape index (κ3) is 3.50. The molecule has 2 nitrogen and oxygen atoms in total. The summed E-state index contributed by atoms with van der Waals surface area (Å²) in [5, 5.41) is 9.26. The van der Waals surface area contributed by atoms with Crippen LogP contribution >= 0.6 is 0 Å². The van der Waals surface area contributed by atoms with Crippen LogP contribution in [0.15, 0.2) is 18.2 Å². The van der Waals surface area contributed by atoms with Crippen LogP contribution in [0.5, 0.6) is 5.75 Å². The Hall–Kier alpha value is -1.49. The Morgan fingerprint density at radius 1 is 1.22 bits per heavy atom. The average Bonchev–Trinajstić information content (AvgIpc) is 2.38. The van der Waals surface area contributed by atoms with Crippen LogP contribution in [0.3, 0.4) is 0 Å². The first-order chi connectivity index (χ1) is 8.56. The molecule has 0 aliphatic heterocycles. The molecule has 0 aliphatic carbocycles. The van der Waals surface area contributed by atoms with Crippen molar-refractivity contribution in [2.24, 2.45) is 5.41 Å². The fourth-order valence-corrected chi connectivity index (χ4v) is 2.14. The molecule has 0 N–H and O–H groups in total. The van der Waals surface area contributed by atoms with Crippen molar-refractivity contribution >= 4 is 0 Å². The molecule has 98 valence electrons. The first kappa shape index (κ1) is 14.6. The van der Waals surface area contributed by atoms with Gasteiger partial charge < -0.3 is 4.74 Å². The van der Waals surface area contributed by atoms with Gasteiger partial charge in [0.05, 0.1) is 18.1 Å². The normalized spacial score (nSPS) is 11.1. The predicted molar refractivity (Wildman–Crippen MR) is 74.7 cm³/mol. The first-order valence-electron chi connectivity index (χ1n) is 6.68. The molecule has 0 saturated heterocycles. The summed E-state index contributed by atoms with van der Waals surface area (Å²) in [5.41, 5.74) is 2.18. The first-order valence-corrected chi connectivity index (χ1v) is 6.68. The largest absolute Gasteiger partial charge is 0.493 e. The molecule has 0 aliphatic rings. The summed E-state index contributed by atoms with van der Waals surface area (Å²) < 4.78 is 5.80. The van der Waals surface area contributed by atoms with E-state index in [0.717, 1.165) is 30.6 Å². The van der Waals surface area contributed by atoms with Gasteiger partial charge in [0.15, 0.2) is 0 Å². The van der Waals surface area contributed by atoms with Crippen LogP contribution in [0.1, 0.15) is 44.2 Å². The molecule has 1 rings (SSSR count). The fourth-order valence-electron chi connectivity index (χ4n) is 2.14. The maximum Gasteiger partial charge on any atom is 0.122 e. The van der Waals surface area contributed by atoms with E-state index in [1.54, 1.807) is 0 Å². The molecule has 0 fully saturated rings. The zero-order chi connectivity index (χ0) is 13.6. The van der Waals surface area contributed by atoms with Crippen molar-refractivity contribution in [1.29, 1.82) is 5.26 Å². The van der Waals surface area contributed by atoms with Gasteiger partial charge in [-0.15, -0.1) is 0 Å². The van der Waals surface area contributed by atoms with E-state index in [0.29, 0.717) is 6.61 Å². The molecular formula is C16H23NO. The summed E-state index contributed by atoms with van der Waals surface area (Å²) in [4.78, 5) is 0. The van der Waals surface area contributed by atoms with Gasteiger partial charge in [0.1, 0.15) is 5.75 Å². The van der Waals surface area contributed by atoms with Gasteiger partial charge in [0, 0.05) is 6.42 Å². The Kier molecular flexibility index (Phi) is 5.22. The minimum atomic E-state index is -0.224. The minimum Gasteiger partial charge on any atom is -0.493 e. The third-order valence-electron chi connectivity index (χ3n) is 3.76. The van der Waals surface area contributed by atoms with Crippen LogP contribution < -0.4 is 4.74 Å². The number of nitrogens with zero attached hydrogens (tertiary/aromatic N) is 1. The molecule has 0 saturated carbocycles. The third-order valence-corrected chi connectivity index (χ3v) is 3.76. The Morgan fingerprint density at radius 3 is 2.39 bits per heavy atom. The van der Waals surface area contributed by atoms with Crippen molar-refractivity contribution in [2.45, 2.75) is 47.0 Å². The highest BCUT2D eigenvalue weighted by Crippen LogP contribution is 2.30. The maximum absolute atomic E-state index is 9.26. The van der Waals surface area contributed by atoms with Gasteiger partial charge in [-0.2, -0.15) is 5.26 Å². The van der Waals surface area contributed by atoms with Gasteiger partial charge in [-0.25, -0.2) is 0 Å². The molecule has 0 unspecified atom stereocenters. The molecule has 1 aromatic rings. The van der Waals surface area contributed by atoms with Crippen molar-refractivity contribution in [3.05, 3.63) is 29.3 Å².